The second-order valence-electron chi connectivity index (χ2n) is 8.41. The zero-order chi connectivity index (χ0) is 25.8. The van der Waals surface area contributed by atoms with Crippen LogP contribution in [0.5, 0.6) is 0 Å². The number of Topliss-reactive ketones (excluding diaryl/α,β-unsaturated/α-hetero) is 1. The number of allylic oxidation sites excluding steroid dienone is 2. The van der Waals surface area contributed by atoms with E-state index >= 15 is 0 Å². The van der Waals surface area contributed by atoms with E-state index in [1.807, 2.05) is 0 Å². The molecule has 0 amide bonds. The molecule has 1 aliphatic rings. The maximum Gasteiger partial charge on any atom is 0.390 e. The van der Waals surface area contributed by atoms with Crippen LogP contribution >= 0.6 is 11.6 Å². The fourth-order valence-corrected chi connectivity index (χ4v) is 4.35. The first-order valence-electron chi connectivity index (χ1n) is 10.7. The molecule has 35 heavy (non-hydrogen) atoms. The lowest BCUT2D eigenvalue weighted by atomic mass is 9.66. The van der Waals surface area contributed by atoms with E-state index in [1.54, 1.807) is 48.6 Å². The highest BCUT2D eigenvalue weighted by Gasteiger charge is 2.51. The van der Waals surface area contributed by atoms with Gasteiger partial charge in [0.1, 0.15) is 5.82 Å². The van der Waals surface area contributed by atoms with Gasteiger partial charge in [-0.1, -0.05) is 29.8 Å². The second-order valence-corrected chi connectivity index (χ2v) is 8.84. The molecule has 5 N–H and O–H groups in total. The van der Waals surface area contributed by atoms with Crippen molar-refractivity contribution in [3.63, 3.8) is 0 Å². The number of fused-ring (bicyclic) bond motifs is 1. The highest BCUT2D eigenvalue weighted by Crippen LogP contribution is 2.46. The summed E-state index contributed by atoms with van der Waals surface area (Å²) in [6.07, 6.45) is -3.44. The lowest BCUT2D eigenvalue weighted by molar-refractivity contribution is -0.161. The average Bonchev–Trinajstić information content (AvgIpc) is 2.78. The van der Waals surface area contributed by atoms with E-state index < -0.39 is 36.2 Å². The summed E-state index contributed by atoms with van der Waals surface area (Å²) in [6.45, 7) is 0. The summed E-state index contributed by atoms with van der Waals surface area (Å²) in [4.78, 5) is 25.0. The van der Waals surface area contributed by atoms with Crippen molar-refractivity contribution >= 4 is 34.7 Å². The van der Waals surface area contributed by atoms with E-state index in [2.05, 4.69) is 10.1 Å². The van der Waals surface area contributed by atoms with Crippen molar-refractivity contribution in [3.8, 4) is 0 Å². The van der Waals surface area contributed by atoms with Gasteiger partial charge in [0.25, 0.3) is 0 Å². The summed E-state index contributed by atoms with van der Waals surface area (Å²) >= 11 is 5.95. The van der Waals surface area contributed by atoms with Gasteiger partial charge in [0.2, 0.25) is 0 Å². The Morgan fingerprint density at radius 2 is 1.94 bits per heavy atom. The van der Waals surface area contributed by atoms with Crippen LogP contribution in [-0.2, 0) is 16.0 Å². The van der Waals surface area contributed by atoms with Crippen LogP contribution in [0.1, 0.15) is 40.7 Å². The highest BCUT2D eigenvalue weighted by molar-refractivity contribution is 6.30. The standard InChI is InChI=1S/C25H25ClF3N3O3/c1-35-22(33)13-24(14-25(27,28)29)10-9-15-11-16(5-6-19(15)23(24)34)20(30)7-8-21(31)32-18-4-2-3-17(26)12-18/h2-8,11-12,32H,9-10,13-14,30-31H2,1H3/b20-7-,21-8+. The normalized spacial score (nSPS) is 18.7. The number of halogens is 4. The van der Waals surface area contributed by atoms with Crippen LogP contribution in [-0.4, -0.2) is 25.0 Å². The minimum atomic E-state index is -4.61. The Labute approximate surface area is 205 Å². The number of carbonyl (C=O) groups excluding carboxylic acids is 2. The topological polar surface area (TPSA) is 107 Å². The summed E-state index contributed by atoms with van der Waals surface area (Å²) < 4.78 is 44.5. The van der Waals surface area contributed by atoms with Crippen LogP contribution in [0.3, 0.4) is 0 Å². The lowest BCUT2D eigenvalue weighted by Crippen LogP contribution is -2.41. The molecule has 2 aromatic rings. The number of alkyl halides is 3. The van der Waals surface area contributed by atoms with E-state index in [0.29, 0.717) is 33.4 Å². The number of ether oxygens (including phenoxy) is 1. The first-order chi connectivity index (χ1) is 16.4. The first kappa shape index (κ1) is 26.2. The third kappa shape index (κ3) is 6.57. The molecule has 0 radical (unpaired) electrons. The molecule has 0 bridgehead atoms. The number of nitrogens with two attached hydrogens (primary N) is 2. The Hall–Kier alpha value is -3.46. The highest BCUT2D eigenvalue weighted by atomic mass is 35.5. The summed E-state index contributed by atoms with van der Waals surface area (Å²) in [7, 11) is 1.08. The van der Waals surface area contributed by atoms with Crippen LogP contribution < -0.4 is 16.8 Å². The van der Waals surface area contributed by atoms with Crippen molar-refractivity contribution in [3.05, 3.63) is 82.2 Å². The number of carbonyl (C=O) groups is 2. The van der Waals surface area contributed by atoms with E-state index in [4.69, 9.17) is 23.1 Å². The Balaban J connectivity index is 1.83. The zero-order valence-electron chi connectivity index (χ0n) is 18.9. The third-order valence-electron chi connectivity index (χ3n) is 5.84. The fourth-order valence-electron chi connectivity index (χ4n) is 4.16. The van der Waals surface area contributed by atoms with Gasteiger partial charge in [0.15, 0.2) is 5.78 Å². The summed E-state index contributed by atoms with van der Waals surface area (Å²) in [5.41, 5.74) is 12.6. The van der Waals surface area contributed by atoms with Crippen molar-refractivity contribution in [2.75, 3.05) is 12.4 Å². The molecule has 1 unspecified atom stereocenters. The number of hydrogen-bond donors (Lipinski definition) is 3. The number of ketones is 1. The van der Waals surface area contributed by atoms with Crippen LogP contribution in [0.2, 0.25) is 5.02 Å². The monoisotopic (exact) mass is 507 g/mol. The van der Waals surface area contributed by atoms with Gasteiger partial charge in [-0.05, 0) is 60.4 Å². The number of anilines is 1. The lowest BCUT2D eigenvalue weighted by Gasteiger charge is -2.36. The Morgan fingerprint density at radius 3 is 2.60 bits per heavy atom. The smallest absolute Gasteiger partial charge is 0.390 e. The van der Waals surface area contributed by atoms with Gasteiger partial charge in [0, 0.05) is 22.0 Å². The molecular weight excluding hydrogens is 483 g/mol. The van der Waals surface area contributed by atoms with Gasteiger partial charge in [-0.15, -0.1) is 0 Å². The van der Waals surface area contributed by atoms with Crippen molar-refractivity contribution in [1.82, 2.24) is 0 Å². The molecule has 2 aromatic carbocycles. The molecule has 0 saturated heterocycles. The van der Waals surface area contributed by atoms with Crippen LogP contribution in [0, 0.1) is 5.41 Å². The Morgan fingerprint density at radius 1 is 1.20 bits per heavy atom. The van der Waals surface area contributed by atoms with Gasteiger partial charge in [-0.25, -0.2) is 0 Å². The molecule has 10 heteroatoms. The summed E-state index contributed by atoms with van der Waals surface area (Å²) in [5, 5.41) is 3.52. The van der Waals surface area contributed by atoms with E-state index in [-0.39, 0.29) is 18.4 Å². The maximum absolute atomic E-state index is 13.3. The molecule has 6 nitrogen and oxygen atoms in total. The SMILES string of the molecule is COC(=O)CC1(CC(F)(F)F)CCc2cc(/C(N)=C/C=C(\N)Nc3cccc(Cl)c3)ccc2C1=O. The van der Waals surface area contributed by atoms with Gasteiger partial charge in [-0.2, -0.15) is 13.2 Å². The van der Waals surface area contributed by atoms with E-state index in [1.165, 1.54) is 6.07 Å². The minimum absolute atomic E-state index is 0.128. The molecule has 186 valence electrons. The molecule has 1 atom stereocenters. The molecule has 0 saturated carbocycles. The molecule has 0 aliphatic heterocycles. The van der Waals surface area contributed by atoms with Crippen LogP contribution in [0.4, 0.5) is 18.9 Å². The van der Waals surface area contributed by atoms with Gasteiger partial charge in [-0.3, -0.25) is 9.59 Å². The second kappa shape index (κ2) is 10.4. The number of rotatable bonds is 7. The zero-order valence-corrected chi connectivity index (χ0v) is 19.7. The third-order valence-corrected chi connectivity index (χ3v) is 6.08. The largest absolute Gasteiger partial charge is 0.469 e. The van der Waals surface area contributed by atoms with Gasteiger partial charge < -0.3 is 21.5 Å². The fraction of sp³-hybridized carbons (Fsp3) is 0.280. The maximum atomic E-state index is 13.3. The molecule has 0 aromatic heterocycles. The predicted molar refractivity (Wildman–Crippen MR) is 128 cm³/mol. The summed E-state index contributed by atoms with van der Waals surface area (Å²) in [5.74, 6) is -1.26. The van der Waals surface area contributed by atoms with E-state index in [9.17, 15) is 22.8 Å². The number of hydrogen-bond acceptors (Lipinski definition) is 6. The molecule has 0 spiro atoms. The number of aryl methyl sites for hydroxylation is 1. The number of benzene rings is 2. The predicted octanol–water partition coefficient (Wildman–Crippen LogP) is 5.18. The number of methoxy groups -OCH3 is 1. The van der Waals surface area contributed by atoms with Gasteiger partial charge >= 0.3 is 12.1 Å². The molecule has 3 rings (SSSR count). The summed E-state index contributed by atoms with van der Waals surface area (Å²) in [6, 6.07) is 11.7. The average molecular weight is 508 g/mol. The van der Waals surface area contributed by atoms with Crippen molar-refractivity contribution < 1.29 is 27.5 Å². The van der Waals surface area contributed by atoms with Crippen molar-refractivity contribution in [1.29, 1.82) is 0 Å². The van der Waals surface area contributed by atoms with E-state index in [0.717, 1.165) is 7.11 Å². The Bertz CT molecular complexity index is 1190. The first-order valence-corrected chi connectivity index (χ1v) is 11.1. The van der Waals surface area contributed by atoms with Crippen LogP contribution in [0.25, 0.3) is 5.70 Å². The Kier molecular flexibility index (Phi) is 7.80. The molecule has 0 heterocycles. The van der Waals surface area contributed by atoms with Crippen molar-refractivity contribution in [2.24, 2.45) is 16.9 Å². The van der Waals surface area contributed by atoms with Crippen LogP contribution in [0.15, 0.2) is 60.4 Å². The molecular formula is C25H25ClF3N3O3. The minimum Gasteiger partial charge on any atom is -0.469 e. The van der Waals surface area contributed by atoms with Crippen molar-refractivity contribution in [2.45, 2.75) is 31.9 Å². The van der Waals surface area contributed by atoms with Gasteiger partial charge in [0.05, 0.1) is 25.4 Å². The quantitative estimate of drug-likeness (QED) is 0.352. The number of esters is 1. The number of nitrogens with one attached hydrogen (secondary N) is 1. The molecule has 0 fully saturated rings. The molecule has 1 aliphatic carbocycles.